The summed E-state index contributed by atoms with van der Waals surface area (Å²) in [5, 5.41) is 10.6. The molecule has 22 heavy (non-hydrogen) atoms. The summed E-state index contributed by atoms with van der Waals surface area (Å²) in [4.78, 5) is 23.5. The second-order valence-corrected chi connectivity index (χ2v) is 4.99. The molecule has 0 saturated heterocycles. The van der Waals surface area contributed by atoms with E-state index in [0.29, 0.717) is 24.9 Å². The van der Waals surface area contributed by atoms with E-state index in [-0.39, 0.29) is 29.8 Å². The highest BCUT2D eigenvalue weighted by molar-refractivity contribution is 5.85. The summed E-state index contributed by atoms with van der Waals surface area (Å²) in [6, 6.07) is 7.52. The molecule has 1 aromatic carbocycles. The van der Waals surface area contributed by atoms with Gasteiger partial charge in [0.05, 0.1) is 18.3 Å². The number of rotatable bonds is 6. The van der Waals surface area contributed by atoms with Gasteiger partial charge >= 0.3 is 0 Å². The lowest BCUT2D eigenvalue weighted by molar-refractivity contribution is -0.121. The standard InChI is InChI=1S/C15H20N4O2.ClH/c1-11(16-2)9-17-15(21)7-8-19-13-6-4-3-5-12(13)14(20)10-18-19;/h3-6,10-11,16H,7-9H2,1-2H3,(H,17,21);1H. The van der Waals surface area contributed by atoms with Gasteiger partial charge in [0.25, 0.3) is 0 Å². The molecule has 0 aliphatic carbocycles. The van der Waals surface area contributed by atoms with Crippen molar-refractivity contribution < 1.29 is 4.79 Å². The molecule has 0 aliphatic rings. The van der Waals surface area contributed by atoms with Crippen molar-refractivity contribution in [1.29, 1.82) is 0 Å². The molecule has 0 saturated carbocycles. The Bertz CT molecular complexity index is 687. The van der Waals surface area contributed by atoms with Crippen molar-refractivity contribution in [3.63, 3.8) is 0 Å². The number of aromatic nitrogens is 2. The zero-order valence-electron chi connectivity index (χ0n) is 12.7. The predicted molar refractivity (Wildman–Crippen MR) is 89.4 cm³/mol. The smallest absolute Gasteiger partial charge is 0.221 e. The monoisotopic (exact) mass is 324 g/mol. The van der Waals surface area contributed by atoms with Gasteiger partial charge in [-0.1, -0.05) is 12.1 Å². The summed E-state index contributed by atoms with van der Waals surface area (Å²) in [5.74, 6) is -0.0262. The van der Waals surface area contributed by atoms with Gasteiger partial charge in [-0.05, 0) is 26.1 Å². The summed E-state index contributed by atoms with van der Waals surface area (Å²) < 4.78 is 1.69. The number of aryl methyl sites for hydroxylation is 1. The first kappa shape index (κ1) is 18.1. The highest BCUT2D eigenvalue weighted by Gasteiger charge is 2.07. The highest BCUT2D eigenvalue weighted by atomic mass is 35.5. The minimum Gasteiger partial charge on any atom is -0.354 e. The third-order valence-corrected chi connectivity index (χ3v) is 3.41. The van der Waals surface area contributed by atoms with Crippen LogP contribution in [-0.4, -0.2) is 35.3 Å². The number of hydrogen-bond donors (Lipinski definition) is 2. The topological polar surface area (TPSA) is 76.0 Å². The number of fused-ring (bicyclic) bond motifs is 1. The van der Waals surface area contributed by atoms with E-state index in [1.165, 1.54) is 6.20 Å². The first-order chi connectivity index (χ1) is 10.1. The van der Waals surface area contributed by atoms with Crippen molar-refractivity contribution in [3.05, 3.63) is 40.7 Å². The van der Waals surface area contributed by atoms with Gasteiger partial charge in [-0.3, -0.25) is 14.3 Å². The third kappa shape index (κ3) is 4.54. The Balaban J connectivity index is 0.00000242. The first-order valence-electron chi connectivity index (χ1n) is 7.00. The summed E-state index contributed by atoms with van der Waals surface area (Å²) in [6.07, 6.45) is 1.62. The molecule has 6 nitrogen and oxygen atoms in total. The van der Waals surface area contributed by atoms with Crippen molar-refractivity contribution in [1.82, 2.24) is 20.4 Å². The number of halogens is 1. The number of carbonyl (C=O) groups excluding carboxylic acids is 1. The van der Waals surface area contributed by atoms with Crippen LogP contribution in [0, 0.1) is 0 Å². The molecule has 0 fully saturated rings. The number of benzene rings is 1. The van der Waals surface area contributed by atoms with Crippen LogP contribution in [0.3, 0.4) is 0 Å². The SMILES string of the molecule is CNC(C)CNC(=O)CCn1ncc(=O)c2ccccc21.Cl. The summed E-state index contributed by atoms with van der Waals surface area (Å²) in [6.45, 7) is 3.03. The maximum absolute atomic E-state index is 11.8. The average Bonchev–Trinajstić information content (AvgIpc) is 2.52. The van der Waals surface area contributed by atoms with Gasteiger partial charge in [0.2, 0.25) is 11.3 Å². The van der Waals surface area contributed by atoms with Gasteiger partial charge in [-0.15, -0.1) is 12.4 Å². The maximum Gasteiger partial charge on any atom is 0.221 e. The number of hydrogen-bond acceptors (Lipinski definition) is 4. The molecule has 0 bridgehead atoms. The van der Waals surface area contributed by atoms with E-state index in [1.54, 1.807) is 10.7 Å². The number of carbonyl (C=O) groups is 1. The number of nitrogens with one attached hydrogen (secondary N) is 2. The molecule has 0 aliphatic heterocycles. The van der Waals surface area contributed by atoms with Crippen LogP contribution in [0.1, 0.15) is 13.3 Å². The minimum absolute atomic E-state index is 0. The van der Waals surface area contributed by atoms with Gasteiger partial charge in [0.15, 0.2) is 0 Å². The lowest BCUT2D eigenvalue weighted by Crippen LogP contribution is -2.37. The van der Waals surface area contributed by atoms with Crippen LogP contribution in [0.2, 0.25) is 0 Å². The Morgan fingerprint density at radius 2 is 2.09 bits per heavy atom. The first-order valence-corrected chi connectivity index (χ1v) is 7.00. The summed E-state index contributed by atoms with van der Waals surface area (Å²) in [7, 11) is 1.85. The Kier molecular flexibility index (Phi) is 7.01. The molecule has 0 radical (unpaired) electrons. The third-order valence-electron chi connectivity index (χ3n) is 3.41. The van der Waals surface area contributed by atoms with Gasteiger partial charge in [-0.2, -0.15) is 5.10 Å². The van der Waals surface area contributed by atoms with Crippen LogP contribution >= 0.6 is 12.4 Å². The summed E-state index contributed by atoms with van der Waals surface area (Å²) in [5.41, 5.74) is 0.649. The number of nitrogens with zero attached hydrogens (tertiary/aromatic N) is 2. The van der Waals surface area contributed by atoms with Crippen LogP contribution in [0.5, 0.6) is 0 Å². The Morgan fingerprint density at radius 1 is 1.36 bits per heavy atom. The molecule has 1 atom stereocenters. The van der Waals surface area contributed by atoms with E-state index >= 15 is 0 Å². The number of likely N-dealkylation sites (N-methyl/N-ethyl adjacent to an activating group) is 1. The van der Waals surface area contributed by atoms with Crippen LogP contribution in [0.4, 0.5) is 0 Å². The maximum atomic E-state index is 11.8. The molecule has 1 aromatic heterocycles. The fourth-order valence-corrected chi connectivity index (χ4v) is 2.00. The molecule has 2 aromatic rings. The predicted octanol–water partition coefficient (Wildman–Crippen LogP) is 0.933. The second kappa shape index (κ2) is 8.51. The van der Waals surface area contributed by atoms with Crippen LogP contribution < -0.4 is 16.1 Å². The quantitative estimate of drug-likeness (QED) is 0.829. The largest absolute Gasteiger partial charge is 0.354 e. The molecule has 120 valence electrons. The van der Waals surface area contributed by atoms with Crippen LogP contribution in [-0.2, 0) is 11.3 Å². The van der Waals surface area contributed by atoms with Crippen molar-refractivity contribution in [2.24, 2.45) is 0 Å². The molecular weight excluding hydrogens is 304 g/mol. The second-order valence-electron chi connectivity index (χ2n) is 4.99. The van der Waals surface area contributed by atoms with Crippen molar-refractivity contribution in [3.8, 4) is 0 Å². The fraction of sp³-hybridized carbons (Fsp3) is 0.400. The Morgan fingerprint density at radius 3 is 2.82 bits per heavy atom. The fourth-order valence-electron chi connectivity index (χ4n) is 2.00. The van der Waals surface area contributed by atoms with E-state index < -0.39 is 0 Å². The van der Waals surface area contributed by atoms with E-state index in [2.05, 4.69) is 15.7 Å². The normalized spacial score (nSPS) is 11.7. The molecule has 1 amide bonds. The zero-order chi connectivity index (χ0) is 15.2. The van der Waals surface area contributed by atoms with Crippen molar-refractivity contribution in [2.75, 3.05) is 13.6 Å². The lowest BCUT2D eigenvalue weighted by atomic mass is 10.2. The molecule has 2 N–H and O–H groups in total. The van der Waals surface area contributed by atoms with E-state index in [0.717, 1.165) is 5.52 Å². The minimum atomic E-state index is -0.103. The van der Waals surface area contributed by atoms with Gasteiger partial charge in [0.1, 0.15) is 0 Å². The highest BCUT2D eigenvalue weighted by Crippen LogP contribution is 2.08. The van der Waals surface area contributed by atoms with E-state index in [1.807, 2.05) is 32.2 Å². The molecule has 0 spiro atoms. The molecule has 1 unspecified atom stereocenters. The van der Waals surface area contributed by atoms with Crippen molar-refractivity contribution >= 4 is 29.2 Å². The zero-order valence-corrected chi connectivity index (χ0v) is 13.5. The Labute approximate surface area is 135 Å². The van der Waals surface area contributed by atoms with Crippen LogP contribution in [0.25, 0.3) is 10.9 Å². The van der Waals surface area contributed by atoms with E-state index in [9.17, 15) is 9.59 Å². The number of amides is 1. The Hall–Kier alpha value is -1.92. The molecular formula is C15H21ClN4O2. The van der Waals surface area contributed by atoms with Gasteiger partial charge < -0.3 is 10.6 Å². The van der Waals surface area contributed by atoms with E-state index in [4.69, 9.17) is 0 Å². The molecule has 2 rings (SSSR count). The average molecular weight is 325 g/mol. The lowest BCUT2D eigenvalue weighted by Gasteiger charge is -2.12. The molecule has 1 heterocycles. The summed E-state index contributed by atoms with van der Waals surface area (Å²) >= 11 is 0. The number of para-hydroxylation sites is 1. The van der Waals surface area contributed by atoms with Gasteiger partial charge in [-0.25, -0.2) is 0 Å². The van der Waals surface area contributed by atoms with Gasteiger partial charge in [0, 0.05) is 24.4 Å². The van der Waals surface area contributed by atoms with Crippen molar-refractivity contribution in [2.45, 2.75) is 25.9 Å². The van der Waals surface area contributed by atoms with Crippen LogP contribution in [0.15, 0.2) is 35.3 Å². The molecule has 7 heteroatoms.